The van der Waals surface area contributed by atoms with E-state index in [0.29, 0.717) is 5.13 Å². The molecule has 2 heterocycles. The molecule has 1 N–H and O–H groups in total. The second-order valence-corrected chi connectivity index (χ2v) is 9.78. The molecule has 1 unspecified atom stereocenters. The summed E-state index contributed by atoms with van der Waals surface area (Å²) in [7, 11) is 0. The summed E-state index contributed by atoms with van der Waals surface area (Å²) in [5.41, 5.74) is 0. The van der Waals surface area contributed by atoms with Crippen molar-refractivity contribution in [1.29, 1.82) is 0 Å². The molecule has 0 spiro atoms. The molecule has 2 aliphatic carbocycles. The van der Waals surface area contributed by atoms with Crippen molar-refractivity contribution in [1.82, 2.24) is 14.8 Å². The molecular weight excluding hydrogens is 372 g/mol. The topological polar surface area (TPSA) is 65.5 Å². The van der Waals surface area contributed by atoms with E-state index in [0.717, 1.165) is 82.1 Å². The van der Waals surface area contributed by atoms with Crippen LogP contribution in [0.25, 0.3) is 0 Å². The molecule has 1 aromatic rings. The molecule has 0 radical (unpaired) electrons. The van der Waals surface area contributed by atoms with Crippen LogP contribution in [0.4, 0.5) is 9.93 Å². The first-order chi connectivity index (χ1) is 13.6. The molecule has 7 heteroatoms. The van der Waals surface area contributed by atoms with E-state index in [-0.39, 0.29) is 30.1 Å². The van der Waals surface area contributed by atoms with Gasteiger partial charge in [0, 0.05) is 29.6 Å². The largest absolute Gasteiger partial charge is 0.325 e. The predicted octanol–water partition coefficient (Wildman–Crippen LogP) is 4.76. The SMILES string of the molecule is Cc1cnc(NC(=O)N(C2CCCC2)C2CCCCN2C(=O)C2CCCC2)s1. The minimum Gasteiger partial charge on any atom is -0.322 e. The number of carbonyl (C=O) groups is 2. The van der Waals surface area contributed by atoms with Gasteiger partial charge in [-0.15, -0.1) is 11.3 Å². The van der Waals surface area contributed by atoms with E-state index in [1.807, 2.05) is 16.7 Å². The van der Waals surface area contributed by atoms with E-state index < -0.39 is 0 Å². The van der Waals surface area contributed by atoms with Gasteiger partial charge >= 0.3 is 6.03 Å². The fourth-order valence-corrected chi connectivity index (χ4v) is 5.82. The molecule has 0 aromatic carbocycles. The van der Waals surface area contributed by atoms with Crippen molar-refractivity contribution in [2.24, 2.45) is 5.92 Å². The van der Waals surface area contributed by atoms with Gasteiger partial charge in [-0.1, -0.05) is 25.7 Å². The van der Waals surface area contributed by atoms with Crippen LogP contribution < -0.4 is 5.32 Å². The number of aromatic nitrogens is 1. The van der Waals surface area contributed by atoms with E-state index in [1.54, 1.807) is 6.20 Å². The average Bonchev–Trinajstić information content (AvgIpc) is 3.45. The third-order valence-corrected chi connectivity index (χ3v) is 7.40. The number of hydrogen-bond acceptors (Lipinski definition) is 4. The number of amides is 3. The van der Waals surface area contributed by atoms with Crippen molar-refractivity contribution >= 4 is 28.4 Å². The molecular formula is C21H32N4O2S. The van der Waals surface area contributed by atoms with E-state index in [9.17, 15) is 9.59 Å². The molecule has 6 nitrogen and oxygen atoms in total. The minimum atomic E-state index is -0.106. The highest BCUT2D eigenvalue weighted by Crippen LogP contribution is 2.34. The normalized spacial score (nSPS) is 23.9. The van der Waals surface area contributed by atoms with Crippen LogP contribution >= 0.6 is 11.3 Å². The number of nitrogens with one attached hydrogen (secondary N) is 1. The molecule has 1 aliphatic heterocycles. The maximum absolute atomic E-state index is 13.3. The summed E-state index contributed by atoms with van der Waals surface area (Å²) < 4.78 is 0. The highest BCUT2D eigenvalue weighted by Gasteiger charge is 2.41. The highest BCUT2D eigenvalue weighted by molar-refractivity contribution is 7.15. The van der Waals surface area contributed by atoms with Gasteiger partial charge in [-0.2, -0.15) is 0 Å². The lowest BCUT2D eigenvalue weighted by molar-refractivity contribution is -0.143. The van der Waals surface area contributed by atoms with Crippen LogP contribution in [0.1, 0.15) is 75.5 Å². The maximum atomic E-state index is 13.3. The molecule has 2 saturated carbocycles. The molecule has 1 aromatic heterocycles. The number of thiazole rings is 1. The van der Waals surface area contributed by atoms with Crippen LogP contribution in [-0.4, -0.2) is 45.5 Å². The highest BCUT2D eigenvalue weighted by atomic mass is 32.1. The summed E-state index contributed by atoms with van der Waals surface area (Å²) in [5, 5.41) is 3.67. The molecule has 28 heavy (non-hydrogen) atoms. The Hall–Kier alpha value is -1.63. The zero-order valence-electron chi connectivity index (χ0n) is 16.9. The Morgan fingerprint density at radius 1 is 1.07 bits per heavy atom. The summed E-state index contributed by atoms with van der Waals surface area (Å²) in [6.07, 6.45) is 13.4. The summed E-state index contributed by atoms with van der Waals surface area (Å²) in [6, 6.07) is 0.139. The number of nitrogens with zero attached hydrogens (tertiary/aromatic N) is 3. The van der Waals surface area contributed by atoms with Crippen molar-refractivity contribution in [3.05, 3.63) is 11.1 Å². The molecule has 0 bridgehead atoms. The van der Waals surface area contributed by atoms with Crippen LogP contribution in [0.15, 0.2) is 6.20 Å². The van der Waals surface area contributed by atoms with Gasteiger partial charge in [0.05, 0.1) is 0 Å². The number of carbonyl (C=O) groups excluding carboxylic acids is 2. The van der Waals surface area contributed by atoms with Gasteiger partial charge in [0.25, 0.3) is 0 Å². The number of rotatable bonds is 4. The van der Waals surface area contributed by atoms with Crippen LogP contribution in [-0.2, 0) is 4.79 Å². The van der Waals surface area contributed by atoms with Gasteiger partial charge in [-0.05, 0) is 51.9 Å². The Balaban J connectivity index is 1.56. The Labute approximate surface area is 171 Å². The lowest BCUT2D eigenvalue weighted by Crippen LogP contribution is -2.59. The summed E-state index contributed by atoms with van der Waals surface area (Å²) in [4.78, 5) is 36.1. The van der Waals surface area contributed by atoms with Gasteiger partial charge in [0.2, 0.25) is 5.91 Å². The van der Waals surface area contributed by atoms with Gasteiger partial charge in [-0.25, -0.2) is 9.78 Å². The Morgan fingerprint density at radius 2 is 1.75 bits per heavy atom. The average molecular weight is 405 g/mol. The number of hydrogen-bond donors (Lipinski definition) is 1. The smallest absolute Gasteiger partial charge is 0.322 e. The molecule has 1 atom stereocenters. The zero-order chi connectivity index (χ0) is 19.5. The number of piperidine rings is 1. The van der Waals surface area contributed by atoms with E-state index in [2.05, 4.69) is 10.3 Å². The lowest BCUT2D eigenvalue weighted by Gasteiger charge is -2.45. The molecule has 154 valence electrons. The lowest BCUT2D eigenvalue weighted by atomic mass is 10.00. The first-order valence-corrected chi connectivity index (χ1v) is 11.8. The van der Waals surface area contributed by atoms with Crippen LogP contribution in [0.3, 0.4) is 0 Å². The first-order valence-electron chi connectivity index (χ1n) is 11.0. The molecule has 3 amide bonds. The standard InChI is InChI=1S/C21H32N4O2S/c1-15-14-22-20(28-15)23-21(27)25(17-10-4-5-11-17)18-12-6-7-13-24(18)19(26)16-8-2-3-9-16/h14,16-18H,2-13H2,1H3,(H,22,23,27). The quantitative estimate of drug-likeness (QED) is 0.787. The second-order valence-electron chi connectivity index (χ2n) is 8.54. The van der Waals surface area contributed by atoms with E-state index in [4.69, 9.17) is 0 Å². The Morgan fingerprint density at radius 3 is 2.43 bits per heavy atom. The Kier molecular flexibility index (Phi) is 6.19. The van der Waals surface area contributed by atoms with Crippen molar-refractivity contribution in [2.45, 2.75) is 89.8 Å². The number of likely N-dealkylation sites (tertiary alicyclic amines) is 1. The predicted molar refractivity (Wildman–Crippen MR) is 111 cm³/mol. The van der Waals surface area contributed by atoms with Gasteiger partial charge in [0.15, 0.2) is 5.13 Å². The van der Waals surface area contributed by atoms with Crippen LogP contribution in [0.5, 0.6) is 0 Å². The summed E-state index contributed by atoms with van der Waals surface area (Å²) >= 11 is 1.50. The van der Waals surface area contributed by atoms with E-state index in [1.165, 1.54) is 11.3 Å². The van der Waals surface area contributed by atoms with Crippen molar-refractivity contribution in [3.8, 4) is 0 Å². The van der Waals surface area contributed by atoms with Crippen LogP contribution in [0, 0.1) is 12.8 Å². The number of aryl methyl sites for hydroxylation is 1. The fourth-order valence-electron chi connectivity index (χ4n) is 5.16. The number of anilines is 1. The van der Waals surface area contributed by atoms with Gasteiger partial charge in [-0.3, -0.25) is 10.1 Å². The third-order valence-electron chi connectivity index (χ3n) is 6.57. The molecule has 3 fully saturated rings. The maximum Gasteiger partial charge on any atom is 0.325 e. The van der Waals surface area contributed by atoms with Gasteiger partial charge < -0.3 is 9.80 Å². The molecule has 1 saturated heterocycles. The Bertz CT molecular complexity index is 694. The van der Waals surface area contributed by atoms with E-state index >= 15 is 0 Å². The molecule has 3 aliphatic rings. The van der Waals surface area contributed by atoms with Crippen molar-refractivity contribution in [3.63, 3.8) is 0 Å². The monoisotopic (exact) mass is 404 g/mol. The molecule has 4 rings (SSSR count). The minimum absolute atomic E-state index is 0.0858. The van der Waals surface area contributed by atoms with Gasteiger partial charge in [0.1, 0.15) is 6.17 Å². The summed E-state index contributed by atoms with van der Waals surface area (Å²) in [6.45, 7) is 2.78. The second kappa shape index (κ2) is 8.80. The fraction of sp³-hybridized carbons (Fsp3) is 0.762. The van der Waals surface area contributed by atoms with Crippen molar-refractivity contribution in [2.75, 3.05) is 11.9 Å². The first kappa shape index (κ1) is 19.7. The third kappa shape index (κ3) is 4.19. The number of urea groups is 1. The summed E-state index contributed by atoms with van der Waals surface area (Å²) in [5.74, 6) is 0.443. The van der Waals surface area contributed by atoms with Crippen molar-refractivity contribution < 1.29 is 9.59 Å². The van der Waals surface area contributed by atoms with Crippen LogP contribution in [0.2, 0.25) is 0 Å². The zero-order valence-corrected chi connectivity index (χ0v) is 17.7.